The maximum Gasteiger partial charge on any atom is 0.314 e. The van der Waals surface area contributed by atoms with Gasteiger partial charge in [-0.1, -0.05) is 42.5 Å². The molecule has 21 heavy (non-hydrogen) atoms. The van der Waals surface area contributed by atoms with Gasteiger partial charge in [-0.05, 0) is 17.2 Å². The van der Waals surface area contributed by atoms with Crippen LogP contribution in [0.1, 0.15) is 11.1 Å². The van der Waals surface area contributed by atoms with E-state index in [-0.39, 0.29) is 6.61 Å². The topological polar surface area (TPSA) is 110 Å². The van der Waals surface area contributed by atoms with E-state index in [1.165, 1.54) is 18.2 Å². The van der Waals surface area contributed by atoms with Crippen molar-refractivity contribution >= 4 is 5.97 Å². The zero-order valence-corrected chi connectivity index (χ0v) is 10.9. The van der Waals surface area contributed by atoms with E-state index in [2.05, 4.69) is 4.84 Å². The highest BCUT2D eigenvalue weighted by atomic mass is 16.9. The molecule has 0 aliphatic heterocycles. The molecule has 110 valence electrons. The highest BCUT2D eigenvalue weighted by Crippen LogP contribution is 2.35. The Hall–Kier alpha value is -2.67. The Labute approximate surface area is 119 Å². The summed E-state index contributed by atoms with van der Waals surface area (Å²) in [6, 6.07) is 6.23. The molecular weight excluding hydrogens is 278 g/mol. The molecule has 7 heteroatoms. The fourth-order valence-electron chi connectivity index (χ4n) is 2.21. The lowest BCUT2D eigenvalue weighted by Crippen LogP contribution is -2.38. The van der Waals surface area contributed by atoms with Crippen molar-refractivity contribution in [1.29, 1.82) is 0 Å². The molecule has 1 aromatic carbocycles. The summed E-state index contributed by atoms with van der Waals surface area (Å²) < 4.78 is 0. The summed E-state index contributed by atoms with van der Waals surface area (Å²) >= 11 is 0. The lowest BCUT2D eigenvalue weighted by atomic mass is 9.78. The van der Waals surface area contributed by atoms with Gasteiger partial charge in [-0.3, -0.25) is 4.79 Å². The predicted octanol–water partition coefficient (Wildman–Crippen LogP) is 1.41. The van der Waals surface area contributed by atoms with Crippen molar-refractivity contribution in [3.63, 3.8) is 0 Å². The minimum atomic E-state index is -1.70. The standard InChI is InChI=1S/C14H13NO6/c16-13(17)12-6-1-2-7-14(12,18)11-5-3-4-10(8-11)9-21-15(19)20/h1-8,12,18H,9H2,(H,16,17). The number of aliphatic carboxylic acids is 1. The molecule has 7 nitrogen and oxygen atoms in total. The van der Waals surface area contributed by atoms with E-state index in [1.54, 1.807) is 30.4 Å². The van der Waals surface area contributed by atoms with Gasteiger partial charge in [-0.2, -0.15) is 0 Å². The van der Waals surface area contributed by atoms with Crippen molar-refractivity contribution in [3.05, 3.63) is 69.8 Å². The van der Waals surface area contributed by atoms with Gasteiger partial charge >= 0.3 is 5.97 Å². The molecule has 0 saturated heterocycles. The van der Waals surface area contributed by atoms with E-state index in [9.17, 15) is 25.1 Å². The summed E-state index contributed by atoms with van der Waals surface area (Å²) in [5.41, 5.74) is -0.907. The smallest absolute Gasteiger partial charge is 0.314 e. The van der Waals surface area contributed by atoms with E-state index in [0.29, 0.717) is 11.1 Å². The molecule has 2 N–H and O–H groups in total. The number of carboxylic acid groups (broad SMARTS) is 1. The lowest BCUT2D eigenvalue weighted by molar-refractivity contribution is -0.763. The minimum Gasteiger partial charge on any atom is -0.481 e. The highest BCUT2D eigenvalue weighted by Gasteiger charge is 2.40. The third-order valence-electron chi connectivity index (χ3n) is 3.23. The van der Waals surface area contributed by atoms with Gasteiger partial charge < -0.3 is 15.1 Å². The predicted molar refractivity (Wildman–Crippen MR) is 71.5 cm³/mol. The van der Waals surface area contributed by atoms with E-state index in [0.717, 1.165) is 0 Å². The van der Waals surface area contributed by atoms with Gasteiger partial charge in [0.1, 0.15) is 18.1 Å². The molecule has 0 heterocycles. The first-order valence-corrected chi connectivity index (χ1v) is 6.11. The Kier molecular flexibility index (Phi) is 4.04. The first-order valence-electron chi connectivity index (χ1n) is 6.11. The molecule has 0 fully saturated rings. The second kappa shape index (κ2) is 5.76. The zero-order valence-electron chi connectivity index (χ0n) is 10.9. The van der Waals surface area contributed by atoms with Crippen LogP contribution in [-0.2, 0) is 21.8 Å². The summed E-state index contributed by atoms with van der Waals surface area (Å²) in [6.45, 7) is -0.270. The van der Waals surface area contributed by atoms with Gasteiger partial charge in [0.2, 0.25) is 0 Å². The van der Waals surface area contributed by atoms with Crippen LogP contribution in [0.5, 0.6) is 0 Å². The van der Waals surface area contributed by atoms with E-state index in [4.69, 9.17) is 0 Å². The molecule has 2 atom stereocenters. The van der Waals surface area contributed by atoms with Crippen LogP contribution in [-0.4, -0.2) is 21.3 Å². The summed E-state index contributed by atoms with van der Waals surface area (Å²) in [6.07, 6.45) is 5.88. The molecule has 2 unspecified atom stereocenters. The van der Waals surface area contributed by atoms with Gasteiger partial charge in [-0.15, -0.1) is 10.1 Å². The van der Waals surface area contributed by atoms with Crippen LogP contribution < -0.4 is 0 Å². The SMILES string of the molecule is O=C(O)C1C=CC=CC1(O)c1cccc(CO[N+](=O)[O-])c1. The van der Waals surface area contributed by atoms with Crippen LogP contribution in [0, 0.1) is 16.0 Å². The lowest BCUT2D eigenvalue weighted by Gasteiger charge is -2.31. The molecule has 1 aliphatic carbocycles. The number of carbonyl (C=O) groups is 1. The van der Waals surface area contributed by atoms with Gasteiger partial charge in [-0.25, -0.2) is 0 Å². The molecule has 0 radical (unpaired) electrons. The Morgan fingerprint density at radius 3 is 2.86 bits per heavy atom. The van der Waals surface area contributed by atoms with Gasteiger partial charge in [0, 0.05) is 0 Å². The van der Waals surface area contributed by atoms with Gasteiger partial charge in [0.15, 0.2) is 0 Å². The van der Waals surface area contributed by atoms with Crippen molar-refractivity contribution in [3.8, 4) is 0 Å². The average molecular weight is 291 g/mol. The van der Waals surface area contributed by atoms with E-state index >= 15 is 0 Å². The van der Waals surface area contributed by atoms with Crippen LogP contribution in [0.25, 0.3) is 0 Å². The number of carboxylic acids is 1. The second-order valence-electron chi connectivity index (χ2n) is 4.58. The molecule has 0 aromatic heterocycles. The van der Waals surface area contributed by atoms with Crippen LogP contribution in [0.3, 0.4) is 0 Å². The number of hydrogen-bond acceptors (Lipinski definition) is 5. The van der Waals surface area contributed by atoms with Crippen LogP contribution >= 0.6 is 0 Å². The fraction of sp³-hybridized carbons (Fsp3) is 0.214. The summed E-state index contributed by atoms with van der Waals surface area (Å²) in [5.74, 6) is -2.29. The molecule has 0 spiro atoms. The second-order valence-corrected chi connectivity index (χ2v) is 4.58. The Bertz CT molecular complexity index is 624. The highest BCUT2D eigenvalue weighted by molar-refractivity contribution is 5.75. The number of nitrogens with zero attached hydrogens (tertiary/aromatic N) is 1. The summed E-state index contributed by atoms with van der Waals surface area (Å²) in [4.78, 5) is 25.8. The minimum absolute atomic E-state index is 0.270. The van der Waals surface area contributed by atoms with E-state index < -0.39 is 22.6 Å². The third-order valence-corrected chi connectivity index (χ3v) is 3.23. The summed E-state index contributed by atoms with van der Waals surface area (Å²) in [5, 5.41) is 29.2. The molecule has 0 amide bonds. The van der Waals surface area contributed by atoms with Crippen LogP contribution in [0.4, 0.5) is 0 Å². The maximum atomic E-state index is 11.3. The fourth-order valence-corrected chi connectivity index (χ4v) is 2.21. The average Bonchev–Trinajstić information content (AvgIpc) is 2.45. The van der Waals surface area contributed by atoms with Crippen molar-refractivity contribution in [2.75, 3.05) is 0 Å². The largest absolute Gasteiger partial charge is 0.481 e. The number of allylic oxidation sites excluding steroid dienone is 2. The number of benzene rings is 1. The Morgan fingerprint density at radius 1 is 1.43 bits per heavy atom. The number of rotatable bonds is 5. The van der Waals surface area contributed by atoms with Crippen LogP contribution in [0.15, 0.2) is 48.6 Å². The normalized spacial score (nSPS) is 23.8. The van der Waals surface area contributed by atoms with Gasteiger partial charge in [0.05, 0.1) is 0 Å². The van der Waals surface area contributed by atoms with Crippen molar-refractivity contribution in [2.24, 2.45) is 5.92 Å². The first kappa shape index (κ1) is 14.7. The first-order chi connectivity index (χ1) is 9.93. The van der Waals surface area contributed by atoms with E-state index in [1.807, 2.05) is 0 Å². The molecule has 0 bridgehead atoms. The monoisotopic (exact) mass is 291 g/mol. The molecule has 2 rings (SSSR count). The van der Waals surface area contributed by atoms with Crippen molar-refractivity contribution < 1.29 is 24.9 Å². The summed E-state index contributed by atoms with van der Waals surface area (Å²) in [7, 11) is 0. The molecule has 1 aromatic rings. The van der Waals surface area contributed by atoms with Crippen molar-refractivity contribution in [1.82, 2.24) is 0 Å². The Morgan fingerprint density at radius 2 is 2.19 bits per heavy atom. The number of aliphatic hydroxyl groups is 1. The maximum absolute atomic E-state index is 11.3. The van der Waals surface area contributed by atoms with Crippen LogP contribution in [0.2, 0.25) is 0 Å². The Balaban J connectivity index is 2.33. The van der Waals surface area contributed by atoms with Gasteiger partial charge in [0.25, 0.3) is 5.09 Å². The molecule has 0 saturated carbocycles. The number of hydrogen-bond donors (Lipinski definition) is 2. The molecular formula is C14H13NO6. The van der Waals surface area contributed by atoms with Crippen molar-refractivity contribution in [2.45, 2.75) is 12.2 Å². The third kappa shape index (κ3) is 3.09. The zero-order chi connectivity index (χ0) is 15.5. The molecule has 1 aliphatic rings. The quantitative estimate of drug-likeness (QED) is 0.627.